The number of fused-ring (bicyclic) bond motifs is 2. The summed E-state index contributed by atoms with van der Waals surface area (Å²) in [5, 5.41) is 1.12. The molecule has 2 aliphatic carbocycles. The van der Waals surface area contributed by atoms with Crippen molar-refractivity contribution in [3.8, 4) is 0 Å². The molecule has 1 saturated carbocycles. The van der Waals surface area contributed by atoms with E-state index in [-0.39, 0.29) is 23.2 Å². The highest BCUT2D eigenvalue weighted by Gasteiger charge is 2.51. The minimum absolute atomic E-state index is 0.125. The molecule has 2 atom stereocenters. The van der Waals surface area contributed by atoms with Crippen molar-refractivity contribution < 1.29 is 9.59 Å². The summed E-state index contributed by atoms with van der Waals surface area (Å²) < 4.78 is 2.09. The summed E-state index contributed by atoms with van der Waals surface area (Å²) in [6.45, 7) is 4.17. The molecule has 0 radical (unpaired) electrons. The molecule has 1 aromatic carbocycles. The van der Waals surface area contributed by atoms with Gasteiger partial charge in [0.05, 0.1) is 17.4 Å². The molecule has 3 heterocycles. The highest BCUT2D eigenvalue weighted by Crippen LogP contribution is 2.54. The molecule has 8 heteroatoms. The van der Waals surface area contributed by atoms with Crippen molar-refractivity contribution in [3.05, 3.63) is 90.2 Å². The van der Waals surface area contributed by atoms with Crippen LogP contribution in [0.1, 0.15) is 49.9 Å². The van der Waals surface area contributed by atoms with E-state index in [1.54, 1.807) is 26.4 Å². The third kappa shape index (κ3) is 4.01. The molecule has 4 aromatic rings. The number of nitrogens with two attached hydrogens (primary N) is 1. The standard InChI is InChI=1S/C32H34N6O2/c1-20(2)14-25-15-21(9-10-32(25,28(33)39)29(40)37(3)4)23-17-35-30-36-18-27(38(30)19-23)31(11-12-31)24-7-8-26-22(16-24)6-5-13-34-26/h5-10,13,15-20,25H,11-12,14H2,1-4H3,(H2,33,39). The number of allylic oxidation sites excluding steroid dienone is 3. The van der Waals surface area contributed by atoms with E-state index in [4.69, 9.17) is 5.73 Å². The molecule has 40 heavy (non-hydrogen) atoms. The van der Waals surface area contributed by atoms with Crippen molar-refractivity contribution in [3.63, 3.8) is 0 Å². The Labute approximate surface area is 233 Å². The van der Waals surface area contributed by atoms with Gasteiger partial charge >= 0.3 is 0 Å². The zero-order valence-corrected chi connectivity index (χ0v) is 23.3. The average Bonchev–Trinajstić information content (AvgIpc) is 3.63. The van der Waals surface area contributed by atoms with Gasteiger partial charge in [0, 0.05) is 55.0 Å². The minimum atomic E-state index is -1.42. The summed E-state index contributed by atoms with van der Waals surface area (Å²) in [5.74, 6) is -0.408. The number of hydrogen-bond donors (Lipinski definition) is 1. The Kier molecular flexibility index (Phi) is 6.09. The monoisotopic (exact) mass is 534 g/mol. The number of carbonyl (C=O) groups is 2. The number of amides is 2. The quantitative estimate of drug-likeness (QED) is 0.351. The Morgan fingerprint density at radius 2 is 1.90 bits per heavy atom. The molecular formula is C32H34N6O2. The first-order chi connectivity index (χ1) is 19.2. The molecule has 0 aliphatic heterocycles. The lowest BCUT2D eigenvalue weighted by Gasteiger charge is -2.38. The molecule has 1 fully saturated rings. The Bertz CT molecular complexity index is 1710. The summed E-state index contributed by atoms with van der Waals surface area (Å²) in [7, 11) is 3.31. The van der Waals surface area contributed by atoms with Crippen LogP contribution in [0.15, 0.2) is 73.3 Å². The number of rotatable bonds is 7. The van der Waals surface area contributed by atoms with Crippen LogP contribution in [0.4, 0.5) is 0 Å². The smallest absolute Gasteiger partial charge is 0.242 e. The fourth-order valence-corrected chi connectivity index (χ4v) is 6.24. The van der Waals surface area contributed by atoms with E-state index in [9.17, 15) is 9.59 Å². The van der Waals surface area contributed by atoms with Crippen LogP contribution < -0.4 is 5.73 Å². The second-order valence-electron chi connectivity index (χ2n) is 11.8. The molecular weight excluding hydrogens is 500 g/mol. The summed E-state index contributed by atoms with van der Waals surface area (Å²) in [4.78, 5) is 41.4. The first-order valence-electron chi connectivity index (χ1n) is 13.8. The summed E-state index contributed by atoms with van der Waals surface area (Å²) >= 11 is 0. The lowest BCUT2D eigenvalue weighted by Crippen LogP contribution is -2.53. The number of carbonyl (C=O) groups excluding carboxylic acids is 2. The van der Waals surface area contributed by atoms with Crippen molar-refractivity contribution in [2.24, 2.45) is 23.0 Å². The van der Waals surface area contributed by atoms with Crippen molar-refractivity contribution in [1.29, 1.82) is 0 Å². The summed E-state index contributed by atoms with van der Waals surface area (Å²) in [6, 6.07) is 10.6. The number of benzene rings is 1. The van der Waals surface area contributed by atoms with Crippen molar-refractivity contribution in [1.82, 2.24) is 24.3 Å². The number of aromatic nitrogens is 4. The Hall–Kier alpha value is -4.33. The second-order valence-corrected chi connectivity index (χ2v) is 11.8. The molecule has 0 spiro atoms. The van der Waals surface area contributed by atoms with Crippen LogP contribution in [0.3, 0.4) is 0 Å². The number of primary amides is 1. The molecule has 8 nitrogen and oxygen atoms in total. The molecule has 0 bridgehead atoms. The van der Waals surface area contributed by atoms with Crippen LogP contribution in [0, 0.1) is 17.3 Å². The zero-order valence-electron chi connectivity index (χ0n) is 23.3. The normalized spacial score (nSPS) is 21.5. The maximum Gasteiger partial charge on any atom is 0.242 e. The highest BCUT2D eigenvalue weighted by molar-refractivity contribution is 6.08. The van der Waals surface area contributed by atoms with Crippen LogP contribution in [0.5, 0.6) is 0 Å². The molecule has 3 aromatic heterocycles. The van der Waals surface area contributed by atoms with Gasteiger partial charge in [-0.1, -0.05) is 44.2 Å². The van der Waals surface area contributed by atoms with Gasteiger partial charge in [0.25, 0.3) is 0 Å². The average molecular weight is 535 g/mol. The first kappa shape index (κ1) is 25.9. The predicted molar refractivity (Wildman–Crippen MR) is 155 cm³/mol. The Morgan fingerprint density at radius 1 is 1.12 bits per heavy atom. The van der Waals surface area contributed by atoms with Gasteiger partial charge in [0.1, 0.15) is 0 Å². The molecule has 6 rings (SSSR count). The molecule has 2 unspecified atom stereocenters. The highest BCUT2D eigenvalue weighted by atomic mass is 16.2. The fourth-order valence-electron chi connectivity index (χ4n) is 6.24. The van der Waals surface area contributed by atoms with Gasteiger partial charge < -0.3 is 10.6 Å². The van der Waals surface area contributed by atoms with Gasteiger partial charge in [-0.15, -0.1) is 0 Å². The number of nitrogens with zero attached hydrogens (tertiary/aromatic N) is 5. The van der Waals surface area contributed by atoms with E-state index in [1.165, 1.54) is 10.5 Å². The third-order valence-corrected chi connectivity index (χ3v) is 8.48. The Morgan fingerprint density at radius 3 is 2.60 bits per heavy atom. The van der Waals surface area contributed by atoms with Crippen LogP contribution in [0.25, 0.3) is 22.3 Å². The van der Waals surface area contributed by atoms with Crippen LogP contribution >= 0.6 is 0 Å². The number of pyridine rings is 1. The van der Waals surface area contributed by atoms with Crippen molar-refractivity contribution in [2.45, 2.75) is 38.5 Å². The van der Waals surface area contributed by atoms with E-state index in [0.717, 1.165) is 40.6 Å². The van der Waals surface area contributed by atoms with Crippen LogP contribution in [-0.4, -0.2) is 50.2 Å². The number of imidazole rings is 1. The van der Waals surface area contributed by atoms with Gasteiger partial charge in [0.15, 0.2) is 5.41 Å². The Balaban J connectivity index is 1.42. The molecule has 2 N–H and O–H groups in total. The van der Waals surface area contributed by atoms with Gasteiger partial charge in [-0.2, -0.15) is 0 Å². The third-order valence-electron chi connectivity index (χ3n) is 8.48. The van der Waals surface area contributed by atoms with Gasteiger partial charge in [-0.25, -0.2) is 9.97 Å². The SMILES string of the molecule is CC(C)CC1C=C(c2cnc3ncc(C4(c5ccc6ncccc6c5)CC4)n3c2)C=CC1(C(N)=O)C(=O)N(C)C. The molecule has 2 aliphatic rings. The maximum absolute atomic E-state index is 13.3. The summed E-state index contributed by atoms with van der Waals surface area (Å²) in [5.41, 5.74) is 9.52. The first-order valence-corrected chi connectivity index (χ1v) is 13.8. The number of hydrogen-bond acceptors (Lipinski definition) is 5. The predicted octanol–water partition coefficient (Wildman–Crippen LogP) is 4.53. The molecule has 204 valence electrons. The largest absolute Gasteiger partial charge is 0.368 e. The van der Waals surface area contributed by atoms with Gasteiger partial charge in [-0.05, 0) is 54.5 Å². The molecule has 2 amide bonds. The van der Waals surface area contributed by atoms with E-state index in [1.807, 2.05) is 30.6 Å². The van der Waals surface area contributed by atoms with Crippen LogP contribution in [0.2, 0.25) is 0 Å². The second kappa shape index (κ2) is 9.40. The summed E-state index contributed by atoms with van der Waals surface area (Å²) in [6.07, 6.45) is 15.9. The maximum atomic E-state index is 13.3. The van der Waals surface area contributed by atoms with Crippen molar-refractivity contribution >= 4 is 34.1 Å². The van der Waals surface area contributed by atoms with Gasteiger partial charge in [0.2, 0.25) is 17.6 Å². The molecule has 0 saturated heterocycles. The lowest BCUT2D eigenvalue weighted by molar-refractivity contribution is -0.146. The van der Waals surface area contributed by atoms with Gasteiger partial charge in [-0.3, -0.25) is 19.0 Å². The van der Waals surface area contributed by atoms with Crippen molar-refractivity contribution in [2.75, 3.05) is 14.1 Å². The zero-order chi connectivity index (χ0) is 28.2. The van der Waals surface area contributed by atoms with E-state index in [2.05, 4.69) is 63.7 Å². The van der Waals surface area contributed by atoms with E-state index < -0.39 is 11.3 Å². The topological polar surface area (TPSA) is 106 Å². The fraction of sp³-hybridized carbons (Fsp3) is 0.344. The van der Waals surface area contributed by atoms with E-state index >= 15 is 0 Å². The minimum Gasteiger partial charge on any atom is -0.368 e. The van der Waals surface area contributed by atoms with E-state index in [0.29, 0.717) is 12.2 Å². The van der Waals surface area contributed by atoms with Crippen LogP contribution in [-0.2, 0) is 15.0 Å². The lowest BCUT2D eigenvalue weighted by atomic mass is 9.66.